The Morgan fingerprint density at radius 1 is 0.592 bits per heavy atom. The molecule has 14 heteroatoms. The summed E-state index contributed by atoms with van der Waals surface area (Å²) in [5.74, 6) is 0.619. The van der Waals surface area contributed by atoms with Gasteiger partial charge < -0.3 is 41.2 Å². The second kappa shape index (κ2) is 18.3. The minimum atomic E-state index is -0.217. The Morgan fingerprint density at radius 2 is 1.16 bits per heavy atom. The predicted octanol–water partition coefficient (Wildman–Crippen LogP) is 4.26. The molecular formula is C35H37N9O5. The topological polar surface area (TPSA) is 185 Å². The Hall–Kier alpha value is -6.12. The van der Waals surface area contributed by atoms with E-state index in [0.29, 0.717) is 74.5 Å². The van der Waals surface area contributed by atoms with Crippen molar-refractivity contribution >= 4 is 41.0 Å². The molecule has 6 N–H and O–H groups in total. The molecule has 49 heavy (non-hydrogen) atoms. The van der Waals surface area contributed by atoms with Gasteiger partial charge in [0.15, 0.2) is 0 Å². The molecule has 14 nitrogen and oxygen atoms in total. The van der Waals surface area contributed by atoms with Crippen molar-refractivity contribution in [2.75, 3.05) is 55.5 Å². The number of pyridine rings is 1. The Bertz CT molecular complexity index is 1760. The molecule has 2 aromatic heterocycles. The van der Waals surface area contributed by atoms with E-state index in [1.807, 2.05) is 36.4 Å². The summed E-state index contributed by atoms with van der Waals surface area (Å²) >= 11 is 0. The Morgan fingerprint density at radius 3 is 1.82 bits per heavy atom. The standard InChI is InChI=1S/C35H37N9O5/c45-30-15-13-28(14-16-30)41-35-43-33(38-19-21-49-23-22-48-20-18-37-31(46)25-6-2-1-3-7-25)42-34(44-35)40-27-11-9-26(10-12-27)32(47)39-24-29-8-4-5-17-36-29/h1-17,45H,18-24H2,(H,37,46)(H,39,47)(H3,38,40,41,42,43,44). The molecule has 0 bridgehead atoms. The first-order valence-electron chi connectivity index (χ1n) is 15.6. The highest BCUT2D eigenvalue weighted by Crippen LogP contribution is 2.21. The van der Waals surface area contributed by atoms with Crippen LogP contribution in [0.15, 0.2) is 103 Å². The number of amides is 2. The van der Waals surface area contributed by atoms with Gasteiger partial charge in [0, 0.05) is 41.8 Å². The second-order valence-electron chi connectivity index (χ2n) is 10.5. The highest BCUT2D eigenvalue weighted by molar-refractivity contribution is 5.94. The number of aromatic hydroxyl groups is 1. The number of phenols is 1. The van der Waals surface area contributed by atoms with Gasteiger partial charge in [0.25, 0.3) is 11.8 Å². The lowest BCUT2D eigenvalue weighted by molar-refractivity contribution is 0.0519. The van der Waals surface area contributed by atoms with E-state index in [4.69, 9.17) is 9.47 Å². The number of carbonyl (C=O) groups is 2. The van der Waals surface area contributed by atoms with Gasteiger partial charge in [-0.2, -0.15) is 15.0 Å². The van der Waals surface area contributed by atoms with Crippen LogP contribution in [0.3, 0.4) is 0 Å². The number of ether oxygens (including phenoxy) is 2. The summed E-state index contributed by atoms with van der Waals surface area (Å²) < 4.78 is 11.2. The molecule has 0 aliphatic carbocycles. The number of hydrogen-bond acceptors (Lipinski definition) is 12. The van der Waals surface area contributed by atoms with E-state index < -0.39 is 0 Å². The third-order valence-electron chi connectivity index (χ3n) is 6.79. The fraction of sp³-hybridized carbons (Fsp3) is 0.200. The van der Waals surface area contributed by atoms with E-state index in [1.165, 1.54) is 0 Å². The normalized spacial score (nSPS) is 10.6. The van der Waals surface area contributed by atoms with Crippen molar-refractivity contribution in [2.45, 2.75) is 6.54 Å². The number of benzene rings is 3. The summed E-state index contributed by atoms with van der Waals surface area (Å²) in [7, 11) is 0. The minimum absolute atomic E-state index is 0.139. The van der Waals surface area contributed by atoms with Crippen LogP contribution in [0.25, 0.3) is 0 Å². The monoisotopic (exact) mass is 663 g/mol. The van der Waals surface area contributed by atoms with Gasteiger partial charge >= 0.3 is 0 Å². The number of phenolic OH excluding ortho intramolecular Hbond substituents is 1. The van der Waals surface area contributed by atoms with Crippen LogP contribution in [0.5, 0.6) is 5.75 Å². The predicted molar refractivity (Wildman–Crippen MR) is 185 cm³/mol. The van der Waals surface area contributed by atoms with E-state index in [-0.39, 0.29) is 29.5 Å². The summed E-state index contributed by atoms with van der Waals surface area (Å²) in [6.07, 6.45) is 1.68. The van der Waals surface area contributed by atoms with Gasteiger partial charge in [0.2, 0.25) is 17.8 Å². The van der Waals surface area contributed by atoms with Crippen molar-refractivity contribution in [2.24, 2.45) is 0 Å². The van der Waals surface area contributed by atoms with E-state index >= 15 is 0 Å². The summed E-state index contributed by atoms with van der Waals surface area (Å²) in [5, 5.41) is 24.7. The first-order chi connectivity index (χ1) is 24.0. The van der Waals surface area contributed by atoms with E-state index in [1.54, 1.807) is 66.9 Å². The van der Waals surface area contributed by atoms with Gasteiger partial charge in [-0.15, -0.1) is 0 Å². The molecule has 0 atom stereocenters. The Kier molecular flexibility index (Phi) is 12.8. The van der Waals surface area contributed by atoms with Crippen LogP contribution in [-0.4, -0.2) is 76.4 Å². The van der Waals surface area contributed by atoms with Gasteiger partial charge in [0.1, 0.15) is 5.75 Å². The van der Waals surface area contributed by atoms with E-state index in [2.05, 4.69) is 46.5 Å². The second-order valence-corrected chi connectivity index (χ2v) is 10.5. The van der Waals surface area contributed by atoms with Crippen molar-refractivity contribution in [3.8, 4) is 5.75 Å². The third kappa shape index (κ3) is 11.6. The lowest BCUT2D eigenvalue weighted by Gasteiger charge is -2.12. The zero-order chi connectivity index (χ0) is 34.1. The molecule has 0 spiro atoms. The van der Waals surface area contributed by atoms with Crippen molar-refractivity contribution in [1.29, 1.82) is 0 Å². The maximum Gasteiger partial charge on any atom is 0.251 e. The van der Waals surface area contributed by atoms with Crippen LogP contribution < -0.4 is 26.6 Å². The van der Waals surface area contributed by atoms with Crippen LogP contribution in [0, 0.1) is 0 Å². The highest BCUT2D eigenvalue weighted by Gasteiger charge is 2.10. The number of nitrogens with one attached hydrogen (secondary N) is 5. The highest BCUT2D eigenvalue weighted by atomic mass is 16.5. The molecule has 252 valence electrons. The number of rotatable bonds is 18. The average Bonchev–Trinajstić information content (AvgIpc) is 3.13. The van der Waals surface area contributed by atoms with Gasteiger partial charge in [-0.05, 0) is 72.8 Å². The molecule has 5 rings (SSSR count). The number of anilines is 5. The van der Waals surface area contributed by atoms with Crippen LogP contribution >= 0.6 is 0 Å². The van der Waals surface area contributed by atoms with Crippen molar-refractivity contribution in [3.63, 3.8) is 0 Å². The number of aromatic nitrogens is 4. The molecule has 0 fully saturated rings. The molecule has 2 heterocycles. The maximum atomic E-state index is 12.6. The van der Waals surface area contributed by atoms with Crippen molar-refractivity contribution < 1.29 is 24.2 Å². The molecular weight excluding hydrogens is 626 g/mol. The Labute approximate surface area is 283 Å². The maximum absolute atomic E-state index is 12.6. The molecule has 5 aromatic rings. The molecule has 0 aliphatic rings. The zero-order valence-electron chi connectivity index (χ0n) is 26.6. The Balaban J connectivity index is 1.09. The molecule has 0 saturated heterocycles. The fourth-order valence-electron chi connectivity index (χ4n) is 4.34. The van der Waals surface area contributed by atoms with E-state index in [9.17, 15) is 14.7 Å². The molecule has 0 saturated carbocycles. The summed E-state index contributed by atoms with van der Waals surface area (Å²) in [6.45, 7) is 2.64. The minimum Gasteiger partial charge on any atom is -0.508 e. The molecule has 3 aromatic carbocycles. The first kappa shape index (κ1) is 34.2. The van der Waals surface area contributed by atoms with E-state index in [0.717, 1.165) is 5.69 Å². The molecule has 2 amide bonds. The summed E-state index contributed by atoms with van der Waals surface area (Å²) in [5.41, 5.74) is 3.20. The van der Waals surface area contributed by atoms with Gasteiger partial charge in [0.05, 0.1) is 38.7 Å². The van der Waals surface area contributed by atoms with Crippen molar-refractivity contribution in [1.82, 2.24) is 30.6 Å². The SMILES string of the molecule is O=C(NCCOCCOCCNc1nc(Nc2ccc(O)cc2)nc(Nc2ccc(C(=O)NCc3ccccn3)cc2)n1)c1ccccc1. The fourth-order valence-corrected chi connectivity index (χ4v) is 4.34. The number of hydrogen-bond donors (Lipinski definition) is 6. The summed E-state index contributed by atoms with van der Waals surface area (Å²) in [4.78, 5) is 42.3. The van der Waals surface area contributed by atoms with Crippen molar-refractivity contribution in [3.05, 3.63) is 120 Å². The molecule has 0 radical (unpaired) electrons. The van der Waals surface area contributed by atoms with Crippen LogP contribution in [0.2, 0.25) is 0 Å². The summed E-state index contributed by atoms with van der Waals surface area (Å²) in [6, 6.07) is 28.0. The third-order valence-corrected chi connectivity index (χ3v) is 6.79. The zero-order valence-corrected chi connectivity index (χ0v) is 26.6. The molecule has 0 aliphatic heterocycles. The van der Waals surface area contributed by atoms with Gasteiger partial charge in [-0.25, -0.2) is 0 Å². The lowest BCUT2D eigenvalue weighted by atomic mass is 10.2. The number of nitrogens with zero attached hydrogens (tertiary/aromatic N) is 4. The molecule has 0 unspecified atom stereocenters. The smallest absolute Gasteiger partial charge is 0.251 e. The van der Waals surface area contributed by atoms with Crippen LogP contribution in [-0.2, 0) is 16.0 Å². The first-order valence-corrected chi connectivity index (χ1v) is 15.6. The largest absolute Gasteiger partial charge is 0.508 e. The van der Waals surface area contributed by atoms with Crippen LogP contribution in [0.1, 0.15) is 26.4 Å². The average molecular weight is 664 g/mol. The lowest BCUT2D eigenvalue weighted by Crippen LogP contribution is -2.27. The number of carbonyl (C=O) groups excluding carboxylic acids is 2. The van der Waals surface area contributed by atoms with Gasteiger partial charge in [-0.1, -0.05) is 24.3 Å². The van der Waals surface area contributed by atoms with Gasteiger partial charge in [-0.3, -0.25) is 14.6 Å². The quantitative estimate of drug-likeness (QED) is 0.0579. The van der Waals surface area contributed by atoms with Crippen LogP contribution in [0.4, 0.5) is 29.2 Å².